The molecule has 128 valence electrons. The summed E-state index contributed by atoms with van der Waals surface area (Å²) in [6.45, 7) is 2.96. The van der Waals surface area contributed by atoms with Gasteiger partial charge in [0.15, 0.2) is 0 Å². The van der Waals surface area contributed by atoms with E-state index in [0.717, 1.165) is 6.54 Å². The van der Waals surface area contributed by atoms with Crippen LogP contribution in [0.3, 0.4) is 0 Å². The molecule has 2 aliphatic heterocycles. The average molecular weight is 336 g/mol. The number of fused-ring (bicyclic) bond motifs is 1. The SMILES string of the molecule is O=C1c2ccccc2C(=O)N1CC1(CNCc2ccccc2)COC1. The first-order chi connectivity index (χ1) is 12.2. The van der Waals surface area contributed by atoms with E-state index in [1.807, 2.05) is 18.2 Å². The zero-order valence-electron chi connectivity index (χ0n) is 13.9. The summed E-state index contributed by atoms with van der Waals surface area (Å²) in [7, 11) is 0. The Morgan fingerprint density at radius 1 is 0.920 bits per heavy atom. The van der Waals surface area contributed by atoms with Gasteiger partial charge in [0.2, 0.25) is 0 Å². The summed E-state index contributed by atoms with van der Waals surface area (Å²) in [4.78, 5) is 26.5. The number of hydrogen-bond donors (Lipinski definition) is 1. The summed E-state index contributed by atoms with van der Waals surface area (Å²) in [5, 5.41) is 3.44. The van der Waals surface area contributed by atoms with Gasteiger partial charge in [-0.25, -0.2) is 0 Å². The Kier molecular flexibility index (Phi) is 4.11. The molecule has 0 atom stereocenters. The summed E-state index contributed by atoms with van der Waals surface area (Å²) < 4.78 is 5.41. The fourth-order valence-corrected chi connectivity index (χ4v) is 3.43. The van der Waals surface area contributed by atoms with Crippen LogP contribution in [-0.4, -0.2) is 43.0 Å². The Hall–Kier alpha value is -2.50. The zero-order valence-corrected chi connectivity index (χ0v) is 13.9. The molecule has 2 aromatic rings. The average Bonchev–Trinajstić information content (AvgIpc) is 2.85. The molecule has 1 N–H and O–H groups in total. The number of nitrogens with one attached hydrogen (secondary N) is 1. The molecule has 0 radical (unpaired) electrons. The highest BCUT2D eigenvalue weighted by Crippen LogP contribution is 2.32. The fraction of sp³-hybridized carbons (Fsp3) is 0.300. The maximum atomic E-state index is 12.6. The summed E-state index contributed by atoms with van der Waals surface area (Å²) >= 11 is 0. The summed E-state index contributed by atoms with van der Waals surface area (Å²) in [5.41, 5.74) is 2.00. The fourth-order valence-electron chi connectivity index (χ4n) is 3.43. The number of hydrogen-bond acceptors (Lipinski definition) is 4. The van der Waals surface area contributed by atoms with Gasteiger partial charge >= 0.3 is 0 Å². The van der Waals surface area contributed by atoms with Crippen LogP contribution in [0.4, 0.5) is 0 Å². The molecule has 1 fully saturated rings. The van der Waals surface area contributed by atoms with E-state index in [-0.39, 0.29) is 17.2 Å². The molecular formula is C20H20N2O3. The summed E-state index contributed by atoms with van der Waals surface area (Å²) in [6.07, 6.45) is 0. The quantitative estimate of drug-likeness (QED) is 0.821. The van der Waals surface area contributed by atoms with E-state index in [0.29, 0.717) is 37.4 Å². The number of nitrogens with zero attached hydrogens (tertiary/aromatic N) is 1. The van der Waals surface area contributed by atoms with Crippen molar-refractivity contribution < 1.29 is 14.3 Å². The molecule has 0 aliphatic carbocycles. The molecule has 4 rings (SSSR count). The van der Waals surface area contributed by atoms with Crippen molar-refractivity contribution >= 4 is 11.8 Å². The second-order valence-corrected chi connectivity index (χ2v) is 6.82. The first-order valence-electron chi connectivity index (χ1n) is 8.46. The monoisotopic (exact) mass is 336 g/mol. The Bertz CT molecular complexity index is 765. The molecule has 0 spiro atoms. The van der Waals surface area contributed by atoms with E-state index in [9.17, 15) is 9.59 Å². The van der Waals surface area contributed by atoms with Crippen molar-refractivity contribution in [1.29, 1.82) is 0 Å². The third-order valence-electron chi connectivity index (χ3n) is 4.86. The minimum Gasteiger partial charge on any atom is -0.380 e. The molecule has 2 aliphatic rings. The maximum absolute atomic E-state index is 12.6. The topological polar surface area (TPSA) is 58.6 Å². The van der Waals surface area contributed by atoms with Crippen LogP contribution in [0.2, 0.25) is 0 Å². The highest BCUT2D eigenvalue weighted by atomic mass is 16.5. The van der Waals surface area contributed by atoms with Gasteiger partial charge in [-0.15, -0.1) is 0 Å². The van der Waals surface area contributed by atoms with Gasteiger partial charge in [0, 0.05) is 25.0 Å². The maximum Gasteiger partial charge on any atom is 0.261 e. The Labute approximate surface area is 146 Å². The molecule has 0 saturated carbocycles. The van der Waals surface area contributed by atoms with Crippen LogP contribution in [-0.2, 0) is 11.3 Å². The predicted octanol–water partition coefficient (Wildman–Crippen LogP) is 2.09. The number of ether oxygens (including phenoxy) is 1. The molecule has 1 saturated heterocycles. The van der Waals surface area contributed by atoms with Crippen LogP contribution in [0.1, 0.15) is 26.3 Å². The van der Waals surface area contributed by atoms with Gasteiger partial charge in [-0.3, -0.25) is 14.5 Å². The van der Waals surface area contributed by atoms with Crippen molar-refractivity contribution in [3.8, 4) is 0 Å². The second kappa shape index (κ2) is 6.43. The van der Waals surface area contributed by atoms with Crippen LogP contribution in [0.5, 0.6) is 0 Å². The molecule has 2 aromatic carbocycles. The number of rotatable bonds is 6. The molecule has 25 heavy (non-hydrogen) atoms. The molecule has 0 unspecified atom stereocenters. The van der Waals surface area contributed by atoms with Gasteiger partial charge < -0.3 is 10.1 Å². The number of benzene rings is 2. The van der Waals surface area contributed by atoms with Crippen LogP contribution in [0.15, 0.2) is 54.6 Å². The predicted molar refractivity (Wildman–Crippen MR) is 93.2 cm³/mol. The third kappa shape index (κ3) is 2.97. The minimum atomic E-state index is -0.206. The number of carbonyl (C=O) groups excluding carboxylic acids is 2. The largest absolute Gasteiger partial charge is 0.380 e. The Morgan fingerprint density at radius 2 is 1.52 bits per heavy atom. The Balaban J connectivity index is 1.42. The smallest absolute Gasteiger partial charge is 0.261 e. The number of imide groups is 1. The van der Waals surface area contributed by atoms with Crippen molar-refractivity contribution in [2.24, 2.45) is 5.41 Å². The van der Waals surface area contributed by atoms with Crippen LogP contribution < -0.4 is 5.32 Å². The van der Waals surface area contributed by atoms with Gasteiger partial charge in [-0.1, -0.05) is 42.5 Å². The lowest BCUT2D eigenvalue weighted by Crippen LogP contribution is -2.57. The first-order valence-corrected chi connectivity index (χ1v) is 8.46. The molecule has 5 heteroatoms. The van der Waals surface area contributed by atoms with Crippen molar-refractivity contribution in [2.75, 3.05) is 26.3 Å². The summed E-state index contributed by atoms with van der Waals surface area (Å²) in [5.74, 6) is -0.398. The number of amides is 2. The molecule has 5 nitrogen and oxygen atoms in total. The lowest BCUT2D eigenvalue weighted by atomic mass is 9.85. The van der Waals surface area contributed by atoms with Gasteiger partial charge in [0.25, 0.3) is 11.8 Å². The van der Waals surface area contributed by atoms with Crippen LogP contribution in [0, 0.1) is 5.41 Å². The zero-order chi connectivity index (χ0) is 17.3. The minimum absolute atomic E-state index is 0.199. The van der Waals surface area contributed by atoms with Gasteiger partial charge in [0.1, 0.15) is 0 Å². The normalized spacial score (nSPS) is 18.2. The van der Waals surface area contributed by atoms with Gasteiger partial charge in [0.05, 0.1) is 24.3 Å². The highest BCUT2D eigenvalue weighted by Gasteiger charge is 2.45. The van der Waals surface area contributed by atoms with Crippen LogP contribution in [0.25, 0.3) is 0 Å². The van der Waals surface area contributed by atoms with Crippen molar-refractivity contribution in [3.63, 3.8) is 0 Å². The standard InChI is InChI=1S/C20H20N2O3/c23-18-16-8-4-5-9-17(16)19(24)22(18)12-20(13-25-14-20)11-21-10-15-6-2-1-3-7-15/h1-9,21H,10-14H2. The highest BCUT2D eigenvalue weighted by molar-refractivity contribution is 6.21. The lowest BCUT2D eigenvalue weighted by molar-refractivity contribution is -0.117. The van der Waals surface area contributed by atoms with E-state index in [1.54, 1.807) is 24.3 Å². The van der Waals surface area contributed by atoms with Crippen molar-refractivity contribution in [2.45, 2.75) is 6.54 Å². The molecule has 0 aromatic heterocycles. The van der Waals surface area contributed by atoms with E-state index in [2.05, 4.69) is 17.4 Å². The van der Waals surface area contributed by atoms with Crippen molar-refractivity contribution in [1.82, 2.24) is 10.2 Å². The molecule has 2 heterocycles. The van der Waals surface area contributed by atoms with E-state index in [1.165, 1.54) is 10.5 Å². The van der Waals surface area contributed by atoms with Gasteiger partial charge in [-0.2, -0.15) is 0 Å². The second-order valence-electron chi connectivity index (χ2n) is 6.82. The van der Waals surface area contributed by atoms with Crippen molar-refractivity contribution in [3.05, 3.63) is 71.3 Å². The van der Waals surface area contributed by atoms with E-state index < -0.39 is 0 Å². The van der Waals surface area contributed by atoms with Gasteiger partial charge in [-0.05, 0) is 17.7 Å². The molecular weight excluding hydrogens is 316 g/mol. The third-order valence-corrected chi connectivity index (χ3v) is 4.86. The molecule has 2 amide bonds. The molecule has 0 bridgehead atoms. The van der Waals surface area contributed by atoms with Crippen LogP contribution >= 0.6 is 0 Å². The lowest BCUT2D eigenvalue weighted by Gasteiger charge is -2.43. The number of carbonyl (C=O) groups is 2. The van der Waals surface area contributed by atoms with E-state index in [4.69, 9.17) is 4.74 Å². The first kappa shape index (κ1) is 16.0. The summed E-state index contributed by atoms with van der Waals surface area (Å²) in [6, 6.07) is 17.2. The Morgan fingerprint density at radius 3 is 2.08 bits per heavy atom. The van der Waals surface area contributed by atoms with E-state index >= 15 is 0 Å².